The molecule has 94 valence electrons. The van der Waals surface area contributed by atoms with Gasteiger partial charge in [0.25, 0.3) is 5.91 Å². The summed E-state index contributed by atoms with van der Waals surface area (Å²) in [5.41, 5.74) is 0.588. The number of aromatic hydroxyl groups is 1. The van der Waals surface area contributed by atoms with Gasteiger partial charge in [-0.05, 0) is 30.1 Å². The first kappa shape index (κ1) is 12.4. The molecule has 1 aromatic heterocycles. The second-order valence-electron chi connectivity index (χ2n) is 3.52. The van der Waals surface area contributed by atoms with Crippen LogP contribution in [0.1, 0.15) is 22.3 Å². The first-order chi connectivity index (χ1) is 8.61. The van der Waals surface area contributed by atoms with Gasteiger partial charge in [-0.1, -0.05) is 11.4 Å². The van der Waals surface area contributed by atoms with Gasteiger partial charge in [0.05, 0.1) is 11.4 Å². The van der Waals surface area contributed by atoms with Crippen LogP contribution in [0.2, 0.25) is 0 Å². The predicted octanol–water partition coefficient (Wildman–Crippen LogP) is 2.20. The summed E-state index contributed by atoms with van der Waals surface area (Å²) in [7, 11) is 0. The zero-order valence-corrected chi connectivity index (χ0v) is 10.3. The average molecular weight is 267 g/mol. The highest BCUT2D eigenvalue weighted by molar-refractivity contribution is 7.08. The third kappa shape index (κ3) is 2.45. The third-order valence-electron chi connectivity index (χ3n) is 2.30. The highest BCUT2D eigenvalue weighted by Gasteiger charge is 2.16. The molecule has 0 saturated carbocycles. The second-order valence-corrected chi connectivity index (χ2v) is 4.27. The van der Waals surface area contributed by atoms with Gasteiger partial charge in [-0.15, -0.1) is 5.10 Å². The minimum Gasteiger partial charge on any atom is -0.508 e. The molecule has 18 heavy (non-hydrogen) atoms. The number of phenolic OH excluding ortho intramolecular Hbond substituents is 1. The molecule has 0 saturated heterocycles. The van der Waals surface area contributed by atoms with Crippen LogP contribution in [0.25, 0.3) is 0 Å². The van der Waals surface area contributed by atoms with Gasteiger partial charge >= 0.3 is 0 Å². The molecular formula is C11H10FN3O2S. The van der Waals surface area contributed by atoms with Crippen molar-refractivity contribution in [1.82, 2.24) is 9.59 Å². The van der Waals surface area contributed by atoms with Gasteiger partial charge in [0, 0.05) is 6.07 Å². The van der Waals surface area contributed by atoms with E-state index in [-0.39, 0.29) is 11.4 Å². The van der Waals surface area contributed by atoms with Crippen LogP contribution in [0.3, 0.4) is 0 Å². The highest BCUT2D eigenvalue weighted by atomic mass is 32.1. The van der Waals surface area contributed by atoms with Crippen molar-refractivity contribution < 1.29 is 14.3 Å². The summed E-state index contributed by atoms with van der Waals surface area (Å²) in [5.74, 6) is -1.34. The number of phenols is 1. The monoisotopic (exact) mass is 267 g/mol. The Hall–Kier alpha value is -2.02. The number of amides is 1. The molecule has 7 heteroatoms. The predicted molar refractivity (Wildman–Crippen MR) is 65.3 cm³/mol. The molecule has 0 aliphatic carbocycles. The lowest BCUT2D eigenvalue weighted by Gasteiger charge is -2.05. The average Bonchev–Trinajstić information content (AvgIpc) is 2.81. The largest absolute Gasteiger partial charge is 0.508 e. The SMILES string of the molecule is CCc1nnsc1C(=O)Nc1ccc(O)cc1F. The van der Waals surface area contributed by atoms with Gasteiger partial charge in [0.1, 0.15) is 16.4 Å². The van der Waals surface area contributed by atoms with Crippen molar-refractivity contribution in [3.05, 3.63) is 34.6 Å². The molecule has 0 radical (unpaired) electrons. The number of aryl methyl sites for hydroxylation is 1. The Morgan fingerprint density at radius 1 is 1.56 bits per heavy atom. The van der Waals surface area contributed by atoms with Crippen molar-refractivity contribution >= 4 is 23.1 Å². The number of hydrogen-bond acceptors (Lipinski definition) is 5. The Morgan fingerprint density at radius 3 is 3.00 bits per heavy atom. The standard InChI is InChI=1S/C11H10FN3O2S/c1-2-8-10(18-15-14-8)11(17)13-9-4-3-6(16)5-7(9)12/h3-5,16H,2H2,1H3,(H,13,17). The number of benzene rings is 1. The van der Waals surface area contributed by atoms with Crippen LogP contribution in [-0.4, -0.2) is 20.6 Å². The van der Waals surface area contributed by atoms with E-state index in [1.54, 1.807) is 0 Å². The number of carbonyl (C=O) groups is 1. The molecule has 0 atom stereocenters. The van der Waals surface area contributed by atoms with Gasteiger partial charge in [-0.3, -0.25) is 4.79 Å². The van der Waals surface area contributed by atoms with Gasteiger partial charge in [-0.2, -0.15) is 0 Å². The smallest absolute Gasteiger partial charge is 0.269 e. The van der Waals surface area contributed by atoms with Crippen LogP contribution in [0.5, 0.6) is 5.75 Å². The number of anilines is 1. The first-order valence-electron chi connectivity index (χ1n) is 5.23. The van der Waals surface area contributed by atoms with Crippen LogP contribution >= 0.6 is 11.5 Å². The number of halogens is 1. The minimum absolute atomic E-state index is 0.00764. The van der Waals surface area contributed by atoms with E-state index >= 15 is 0 Å². The van der Waals surface area contributed by atoms with Crippen molar-refractivity contribution in [2.45, 2.75) is 13.3 Å². The lowest BCUT2D eigenvalue weighted by Crippen LogP contribution is -2.13. The summed E-state index contributed by atoms with van der Waals surface area (Å²) in [6, 6.07) is 3.52. The van der Waals surface area contributed by atoms with Crippen LogP contribution < -0.4 is 5.32 Å². The van der Waals surface area contributed by atoms with E-state index in [1.807, 2.05) is 6.92 Å². The molecule has 1 amide bonds. The van der Waals surface area contributed by atoms with Gasteiger partial charge in [0.15, 0.2) is 0 Å². The maximum absolute atomic E-state index is 13.4. The van der Waals surface area contributed by atoms with E-state index in [0.29, 0.717) is 17.0 Å². The van der Waals surface area contributed by atoms with Gasteiger partial charge in [0.2, 0.25) is 0 Å². The molecule has 5 nitrogen and oxygen atoms in total. The lowest BCUT2D eigenvalue weighted by atomic mass is 10.2. The first-order valence-corrected chi connectivity index (χ1v) is 6.00. The fraction of sp³-hybridized carbons (Fsp3) is 0.182. The van der Waals surface area contributed by atoms with Crippen molar-refractivity contribution in [3.8, 4) is 5.75 Å². The Labute approximate surface area is 106 Å². The highest BCUT2D eigenvalue weighted by Crippen LogP contribution is 2.21. The van der Waals surface area contributed by atoms with E-state index in [9.17, 15) is 9.18 Å². The molecule has 0 unspecified atom stereocenters. The molecule has 0 bridgehead atoms. The number of rotatable bonds is 3. The van der Waals surface area contributed by atoms with Crippen LogP contribution in [0.15, 0.2) is 18.2 Å². The molecule has 1 heterocycles. The van der Waals surface area contributed by atoms with Crippen LogP contribution in [0.4, 0.5) is 10.1 Å². The maximum atomic E-state index is 13.4. The topological polar surface area (TPSA) is 75.1 Å². The number of nitrogens with zero attached hydrogens (tertiary/aromatic N) is 2. The summed E-state index contributed by atoms with van der Waals surface area (Å²) in [6.07, 6.45) is 0.581. The van der Waals surface area contributed by atoms with Crippen molar-refractivity contribution in [1.29, 1.82) is 0 Å². The summed E-state index contributed by atoms with van der Waals surface area (Å²) in [5, 5.41) is 15.3. The molecule has 0 spiro atoms. The van der Waals surface area contributed by atoms with E-state index in [4.69, 9.17) is 5.11 Å². The van der Waals surface area contributed by atoms with Crippen molar-refractivity contribution in [2.24, 2.45) is 0 Å². The van der Waals surface area contributed by atoms with E-state index in [2.05, 4.69) is 14.9 Å². The fourth-order valence-electron chi connectivity index (χ4n) is 1.40. The lowest BCUT2D eigenvalue weighted by molar-refractivity contribution is 0.102. The van der Waals surface area contributed by atoms with Crippen LogP contribution in [-0.2, 0) is 6.42 Å². The Balaban J connectivity index is 2.21. The van der Waals surface area contributed by atoms with E-state index in [0.717, 1.165) is 17.6 Å². The molecule has 2 N–H and O–H groups in total. The quantitative estimate of drug-likeness (QED) is 0.836. The Kier molecular flexibility index (Phi) is 3.52. The summed E-state index contributed by atoms with van der Waals surface area (Å²) in [6.45, 7) is 1.86. The molecule has 0 fully saturated rings. The molecule has 2 aromatic rings. The van der Waals surface area contributed by atoms with Gasteiger partial charge in [-0.25, -0.2) is 4.39 Å². The third-order valence-corrected chi connectivity index (χ3v) is 3.06. The second kappa shape index (κ2) is 5.09. The maximum Gasteiger partial charge on any atom is 0.269 e. The summed E-state index contributed by atoms with van der Waals surface area (Å²) >= 11 is 0.966. The van der Waals surface area contributed by atoms with E-state index < -0.39 is 11.7 Å². The number of aromatic nitrogens is 2. The van der Waals surface area contributed by atoms with E-state index in [1.165, 1.54) is 12.1 Å². The summed E-state index contributed by atoms with van der Waals surface area (Å²) in [4.78, 5) is 12.2. The molecule has 2 rings (SSSR count). The zero-order valence-electron chi connectivity index (χ0n) is 9.48. The molecular weight excluding hydrogens is 257 g/mol. The fourth-order valence-corrected chi connectivity index (χ4v) is 2.04. The number of hydrogen-bond donors (Lipinski definition) is 2. The zero-order chi connectivity index (χ0) is 13.1. The minimum atomic E-state index is -0.695. The Morgan fingerprint density at radius 2 is 2.33 bits per heavy atom. The van der Waals surface area contributed by atoms with Crippen molar-refractivity contribution in [2.75, 3.05) is 5.32 Å². The Bertz CT molecular complexity index is 585. The van der Waals surface area contributed by atoms with Crippen LogP contribution in [0, 0.1) is 5.82 Å². The molecule has 0 aliphatic rings. The number of carbonyl (C=O) groups excluding carboxylic acids is 1. The molecule has 1 aromatic carbocycles. The van der Waals surface area contributed by atoms with Gasteiger partial charge < -0.3 is 10.4 Å². The van der Waals surface area contributed by atoms with Crippen molar-refractivity contribution in [3.63, 3.8) is 0 Å². The molecule has 0 aliphatic heterocycles. The summed E-state index contributed by atoms with van der Waals surface area (Å²) < 4.78 is 17.1. The normalized spacial score (nSPS) is 10.3. The number of nitrogens with one attached hydrogen (secondary N) is 1.